The number of nitrogens with one attached hydrogen (secondary N) is 5. The fraction of sp³-hybridized carbons (Fsp3) is 0.400. The number of benzene rings is 4. The van der Waals surface area contributed by atoms with E-state index in [1.807, 2.05) is 42.5 Å². The predicted molar refractivity (Wildman–Crippen MR) is 213 cm³/mol. The third-order valence-electron chi connectivity index (χ3n) is 11.8. The maximum Gasteiger partial charge on any atom is 0.308 e. The number of nitrogens with zero attached hydrogens (tertiary/aromatic N) is 1. The second kappa shape index (κ2) is 14.0. The molecular formula is C40H44N6O7S2. The Hall–Kier alpha value is -4.83. The molecule has 2 spiro atoms. The molecule has 13 nitrogen and oxygen atoms in total. The van der Waals surface area contributed by atoms with E-state index in [0.29, 0.717) is 53.4 Å². The maximum atomic E-state index is 14.4. The van der Waals surface area contributed by atoms with Crippen LogP contribution in [0.4, 0.5) is 17.1 Å². The van der Waals surface area contributed by atoms with E-state index in [9.17, 15) is 18.3 Å². The van der Waals surface area contributed by atoms with Gasteiger partial charge in [-0.3, -0.25) is 9.79 Å². The highest BCUT2D eigenvalue weighted by Crippen LogP contribution is 2.50. The molecule has 0 aromatic heterocycles. The van der Waals surface area contributed by atoms with Crippen molar-refractivity contribution in [2.75, 3.05) is 22.5 Å². The quantitative estimate of drug-likeness (QED) is 0.125. The van der Waals surface area contributed by atoms with Crippen LogP contribution in [0, 0.1) is 10.7 Å². The summed E-state index contributed by atoms with van der Waals surface area (Å²) in [7, 11) is -6.50. The summed E-state index contributed by atoms with van der Waals surface area (Å²) in [5.74, 6) is 0.321. The molecule has 0 amide bonds. The highest BCUT2D eigenvalue weighted by Gasteiger charge is 2.45. The van der Waals surface area contributed by atoms with Crippen molar-refractivity contribution in [3.8, 4) is 0 Å². The first-order valence-electron chi connectivity index (χ1n) is 18.9. The molecule has 2 aliphatic heterocycles. The Balaban J connectivity index is 0.00000102. The van der Waals surface area contributed by atoms with Crippen LogP contribution < -0.4 is 32.0 Å². The van der Waals surface area contributed by atoms with E-state index >= 15 is 0 Å². The zero-order chi connectivity index (χ0) is 38.7. The van der Waals surface area contributed by atoms with Gasteiger partial charge in [-0.05, 0) is 67.3 Å². The molecule has 4 atom stereocenters. The molecule has 3 aliphatic carbocycles. The number of hydrogen-bond donors (Lipinski definition) is 6. The van der Waals surface area contributed by atoms with Gasteiger partial charge in [0.15, 0.2) is 0 Å². The van der Waals surface area contributed by atoms with Gasteiger partial charge in [0, 0.05) is 45.9 Å². The van der Waals surface area contributed by atoms with Crippen LogP contribution in [0.3, 0.4) is 0 Å². The Morgan fingerprint density at radius 3 is 2.31 bits per heavy atom. The van der Waals surface area contributed by atoms with E-state index in [2.05, 4.69) is 46.6 Å². The van der Waals surface area contributed by atoms with Gasteiger partial charge in [0.1, 0.15) is 17.1 Å². The molecule has 288 valence electrons. The topological polar surface area (TPSA) is 199 Å². The normalized spacial score (nSPS) is 26.3. The van der Waals surface area contributed by atoms with Crippen LogP contribution in [0.5, 0.6) is 0 Å². The summed E-state index contributed by atoms with van der Waals surface area (Å²) in [6.07, 6.45) is 7.30. The molecule has 15 heteroatoms. The predicted octanol–water partition coefficient (Wildman–Crippen LogP) is 6.01. The smallest absolute Gasteiger partial charge is 0.308 e. The second-order valence-electron chi connectivity index (χ2n) is 15.2. The number of aliphatic hydroxyl groups is 1. The Morgan fingerprint density at radius 1 is 0.909 bits per heavy atom. The number of Topliss-reactive ketones (excluding diaryl/α,β-unsaturated/α-hetero) is 1. The van der Waals surface area contributed by atoms with Gasteiger partial charge < -0.3 is 21.1 Å². The van der Waals surface area contributed by atoms with Crippen molar-refractivity contribution in [1.29, 1.82) is 4.78 Å². The fourth-order valence-corrected chi connectivity index (χ4v) is 10.7. The van der Waals surface area contributed by atoms with Crippen LogP contribution in [0.2, 0.25) is 0 Å². The Kier molecular flexibility index (Phi) is 9.47. The van der Waals surface area contributed by atoms with Crippen molar-refractivity contribution in [3.05, 3.63) is 82.6 Å². The van der Waals surface area contributed by atoms with Gasteiger partial charge in [0.2, 0.25) is 5.78 Å². The molecular weight excluding hydrogens is 741 g/mol. The Bertz CT molecular complexity index is 2660. The van der Waals surface area contributed by atoms with Crippen LogP contribution in [0.25, 0.3) is 32.7 Å². The summed E-state index contributed by atoms with van der Waals surface area (Å²) in [4.78, 5) is 19.7. The number of anilines is 3. The van der Waals surface area contributed by atoms with Gasteiger partial charge in [0.05, 0.1) is 27.4 Å². The van der Waals surface area contributed by atoms with E-state index in [1.165, 1.54) is 6.42 Å². The number of ketones is 1. The number of carbonyl (C=O) groups is 1. The molecule has 9 rings (SSSR count). The van der Waals surface area contributed by atoms with Gasteiger partial charge in [-0.2, -0.15) is 31.4 Å². The average molecular weight is 785 g/mol. The first-order valence-corrected chi connectivity index (χ1v) is 21.4. The number of aliphatic hydroxyl groups excluding tert-OH is 1. The van der Waals surface area contributed by atoms with E-state index < -0.39 is 31.5 Å². The van der Waals surface area contributed by atoms with Crippen LogP contribution in [-0.2, 0) is 29.7 Å². The molecule has 0 saturated heterocycles. The van der Waals surface area contributed by atoms with Gasteiger partial charge in [0.25, 0.3) is 10.1 Å². The molecule has 4 unspecified atom stereocenters. The van der Waals surface area contributed by atoms with Crippen molar-refractivity contribution < 1.29 is 31.0 Å². The molecule has 0 bridgehead atoms. The highest BCUT2D eigenvalue weighted by atomic mass is 32.2. The zero-order valence-electron chi connectivity index (χ0n) is 30.7. The minimum atomic E-state index is -3.89. The molecule has 0 radical (unpaired) electrons. The SMILES string of the molecule is CCNOS(=O)(=O)C1CCCC2(C1)N=c1c(=C3C(=O)C(c4ccc5cccc6c5c4NC4(CCCC(CC)C4)N6)=C3O)ccc3cccc(c13)N2.N=S(=O)=O. The number of hydroxylamine groups is 1. The van der Waals surface area contributed by atoms with E-state index in [1.54, 1.807) is 6.92 Å². The van der Waals surface area contributed by atoms with Crippen LogP contribution in [0.1, 0.15) is 77.2 Å². The molecule has 4 aromatic rings. The van der Waals surface area contributed by atoms with Crippen LogP contribution in [0.15, 0.2) is 71.4 Å². The molecule has 2 heterocycles. The van der Waals surface area contributed by atoms with Crippen LogP contribution in [-0.4, -0.2) is 50.8 Å². The van der Waals surface area contributed by atoms with Gasteiger partial charge in [-0.25, -0.2) is 0 Å². The maximum absolute atomic E-state index is 14.4. The van der Waals surface area contributed by atoms with Crippen molar-refractivity contribution >= 4 is 76.2 Å². The highest BCUT2D eigenvalue weighted by molar-refractivity contribution is 7.87. The minimum Gasteiger partial charge on any atom is -0.506 e. The monoisotopic (exact) mass is 784 g/mol. The van der Waals surface area contributed by atoms with Gasteiger partial charge in [-0.1, -0.05) is 75.2 Å². The third-order valence-corrected chi connectivity index (χ3v) is 13.4. The summed E-state index contributed by atoms with van der Waals surface area (Å²) in [5, 5.41) is 27.5. The summed E-state index contributed by atoms with van der Waals surface area (Å²) in [5.41, 5.74) is 5.26. The van der Waals surface area contributed by atoms with Gasteiger partial charge >= 0.3 is 10.5 Å². The molecule has 6 N–H and O–H groups in total. The number of carbonyl (C=O) groups excluding carboxylic acids is 1. The molecule has 4 aromatic carbocycles. The summed E-state index contributed by atoms with van der Waals surface area (Å²) in [6, 6.07) is 20.0. The standard InChI is InChI=1S/C40H43N5O5S.HNO2S/c1-3-23-9-7-19-39(21-23)42-29-13-5-10-24-15-17-27(35(44-39)31(24)29)33-37(46)34(38(33)47)28-18-16-25-11-6-14-30-32(25)36(28)45-40(43-30)20-8-12-26(22-40)51(48,49)50-41-4-2;1-4(2)3/h5-6,10-11,13-18,23,26,41-44,46H,3-4,7-9,12,19-22H2,1-2H3;1H. The first kappa shape index (κ1) is 37.1. The van der Waals surface area contributed by atoms with Crippen LogP contribution >= 0.6 is 0 Å². The molecule has 55 heavy (non-hydrogen) atoms. The average Bonchev–Trinajstić information content (AvgIpc) is 3.16. The molecule has 5 aliphatic rings. The third kappa shape index (κ3) is 6.46. The van der Waals surface area contributed by atoms with E-state index in [4.69, 9.17) is 22.5 Å². The van der Waals surface area contributed by atoms with E-state index in [-0.39, 0.29) is 29.2 Å². The zero-order valence-corrected chi connectivity index (χ0v) is 32.3. The lowest BCUT2D eigenvalue weighted by Gasteiger charge is -2.47. The minimum absolute atomic E-state index is 0.0449. The summed E-state index contributed by atoms with van der Waals surface area (Å²) >= 11 is 0. The Morgan fingerprint density at radius 2 is 1.60 bits per heavy atom. The lowest BCUT2D eigenvalue weighted by atomic mass is 9.76. The fourth-order valence-electron chi connectivity index (χ4n) is 9.37. The second-order valence-corrected chi connectivity index (χ2v) is 17.5. The Labute approximate surface area is 320 Å². The van der Waals surface area contributed by atoms with Crippen molar-refractivity contribution in [2.24, 2.45) is 10.9 Å². The molecule has 2 saturated carbocycles. The van der Waals surface area contributed by atoms with Crippen molar-refractivity contribution in [3.63, 3.8) is 0 Å². The molecule has 2 fully saturated rings. The lowest BCUT2D eigenvalue weighted by Crippen LogP contribution is -2.51. The number of hydrogen-bond acceptors (Lipinski definition) is 13. The number of rotatable bonds is 6. The largest absolute Gasteiger partial charge is 0.506 e. The lowest BCUT2D eigenvalue weighted by molar-refractivity contribution is -0.109. The van der Waals surface area contributed by atoms with Crippen molar-refractivity contribution in [1.82, 2.24) is 5.48 Å². The first-order chi connectivity index (χ1) is 26.4. The van der Waals surface area contributed by atoms with Gasteiger partial charge in [-0.15, -0.1) is 0 Å². The number of allylic oxidation sites excluding steroid dienone is 2. The summed E-state index contributed by atoms with van der Waals surface area (Å²) < 4.78 is 54.2. The van der Waals surface area contributed by atoms with E-state index in [0.717, 1.165) is 64.3 Å². The summed E-state index contributed by atoms with van der Waals surface area (Å²) in [6.45, 7) is 4.39. The van der Waals surface area contributed by atoms with Crippen molar-refractivity contribution in [2.45, 2.75) is 88.2 Å².